The van der Waals surface area contributed by atoms with E-state index in [2.05, 4.69) is 21.2 Å². The second kappa shape index (κ2) is 4.09. The Morgan fingerprint density at radius 2 is 2.00 bits per heavy atom. The van der Waals surface area contributed by atoms with Crippen LogP contribution in [0.2, 0.25) is 0 Å². The zero-order valence-electron chi connectivity index (χ0n) is 9.16. The van der Waals surface area contributed by atoms with E-state index >= 15 is 0 Å². The van der Waals surface area contributed by atoms with Crippen molar-refractivity contribution in [3.05, 3.63) is 28.7 Å². The lowest BCUT2D eigenvalue weighted by Crippen LogP contribution is -2.49. The molecule has 0 bridgehead atoms. The summed E-state index contributed by atoms with van der Waals surface area (Å²) in [5.74, 6) is 0.0894. The van der Waals surface area contributed by atoms with E-state index in [1.165, 1.54) is 0 Å². The standard InChI is InChI=1S/C12H15BrN2O/c1-12(11(14)16,8-2-3-8)15-10-6-4-9(13)5-7-10/h4-8,15H,2-3H2,1H3,(H2,14,16). The number of hydrogen-bond acceptors (Lipinski definition) is 2. The predicted octanol–water partition coefficient (Wildman–Crippen LogP) is 2.52. The number of amides is 1. The monoisotopic (exact) mass is 282 g/mol. The molecule has 3 nitrogen and oxygen atoms in total. The summed E-state index contributed by atoms with van der Waals surface area (Å²) in [7, 11) is 0. The summed E-state index contributed by atoms with van der Waals surface area (Å²) in [4.78, 5) is 11.5. The Hall–Kier alpha value is -1.03. The van der Waals surface area contributed by atoms with Gasteiger partial charge in [-0.25, -0.2) is 0 Å². The van der Waals surface area contributed by atoms with Gasteiger partial charge in [-0.2, -0.15) is 0 Å². The molecule has 1 saturated carbocycles. The number of anilines is 1. The molecule has 0 radical (unpaired) electrons. The van der Waals surface area contributed by atoms with Gasteiger partial charge >= 0.3 is 0 Å². The number of carbonyl (C=O) groups excluding carboxylic acids is 1. The van der Waals surface area contributed by atoms with Crippen LogP contribution in [0.1, 0.15) is 19.8 Å². The lowest BCUT2D eigenvalue weighted by molar-refractivity contribution is -0.122. The van der Waals surface area contributed by atoms with E-state index in [0.29, 0.717) is 5.92 Å². The fraction of sp³-hybridized carbons (Fsp3) is 0.417. The van der Waals surface area contributed by atoms with Crippen molar-refractivity contribution in [1.82, 2.24) is 0 Å². The first-order valence-corrected chi connectivity index (χ1v) is 6.15. The van der Waals surface area contributed by atoms with E-state index < -0.39 is 5.54 Å². The van der Waals surface area contributed by atoms with Gasteiger partial charge in [0.15, 0.2) is 0 Å². The van der Waals surface area contributed by atoms with Crippen LogP contribution < -0.4 is 11.1 Å². The Morgan fingerprint density at radius 1 is 1.44 bits per heavy atom. The molecular formula is C12H15BrN2O. The van der Waals surface area contributed by atoms with Gasteiger partial charge in [-0.15, -0.1) is 0 Å². The Kier molecular flexibility index (Phi) is 2.93. The number of primary amides is 1. The maximum absolute atomic E-state index is 11.5. The summed E-state index contributed by atoms with van der Waals surface area (Å²) in [6, 6.07) is 7.76. The largest absolute Gasteiger partial charge is 0.371 e. The van der Waals surface area contributed by atoms with Crippen molar-refractivity contribution in [3.8, 4) is 0 Å². The van der Waals surface area contributed by atoms with Gasteiger partial charge < -0.3 is 11.1 Å². The zero-order chi connectivity index (χ0) is 11.8. The topological polar surface area (TPSA) is 55.1 Å². The van der Waals surface area contributed by atoms with Gasteiger partial charge in [0.25, 0.3) is 0 Å². The molecule has 0 heterocycles. The molecule has 2 rings (SSSR count). The van der Waals surface area contributed by atoms with Crippen molar-refractivity contribution in [2.24, 2.45) is 11.7 Å². The molecule has 16 heavy (non-hydrogen) atoms. The average Bonchev–Trinajstić information content (AvgIpc) is 3.04. The summed E-state index contributed by atoms with van der Waals surface area (Å²) >= 11 is 3.38. The number of benzene rings is 1. The van der Waals surface area contributed by atoms with Gasteiger partial charge in [-0.3, -0.25) is 4.79 Å². The van der Waals surface area contributed by atoms with Crippen molar-refractivity contribution in [2.45, 2.75) is 25.3 Å². The van der Waals surface area contributed by atoms with Crippen molar-refractivity contribution in [2.75, 3.05) is 5.32 Å². The van der Waals surface area contributed by atoms with Crippen molar-refractivity contribution in [3.63, 3.8) is 0 Å². The van der Waals surface area contributed by atoms with Gasteiger partial charge in [0.2, 0.25) is 5.91 Å². The minimum absolute atomic E-state index is 0.280. The first kappa shape index (κ1) is 11.5. The molecule has 86 valence electrons. The molecule has 0 aliphatic heterocycles. The lowest BCUT2D eigenvalue weighted by Gasteiger charge is -2.28. The van der Waals surface area contributed by atoms with E-state index in [1.54, 1.807) is 0 Å². The van der Waals surface area contributed by atoms with Gasteiger partial charge in [-0.05, 0) is 49.9 Å². The third kappa shape index (κ3) is 2.21. The molecule has 1 aliphatic rings. The summed E-state index contributed by atoms with van der Waals surface area (Å²) < 4.78 is 1.02. The number of nitrogens with two attached hydrogens (primary N) is 1. The van der Waals surface area contributed by atoms with E-state index in [4.69, 9.17) is 5.73 Å². The molecule has 1 fully saturated rings. The fourth-order valence-corrected chi connectivity index (χ4v) is 2.12. The number of hydrogen-bond donors (Lipinski definition) is 2. The highest BCUT2D eigenvalue weighted by Crippen LogP contribution is 2.41. The van der Waals surface area contributed by atoms with E-state index in [1.807, 2.05) is 31.2 Å². The highest BCUT2D eigenvalue weighted by molar-refractivity contribution is 9.10. The van der Waals surface area contributed by atoms with Gasteiger partial charge in [0, 0.05) is 10.2 Å². The maximum Gasteiger partial charge on any atom is 0.243 e. The molecular weight excluding hydrogens is 268 g/mol. The van der Waals surface area contributed by atoms with Crippen molar-refractivity contribution in [1.29, 1.82) is 0 Å². The Morgan fingerprint density at radius 3 is 2.44 bits per heavy atom. The molecule has 1 unspecified atom stereocenters. The molecule has 1 aromatic rings. The number of rotatable bonds is 4. The van der Waals surface area contributed by atoms with Crippen LogP contribution in [-0.2, 0) is 4.79 Å². The summed E-state index contributed by atoms with van der Waals surface area (Å²) in [5.41, 5.74) is 5.79. The first-order chi connectivity index (χ1) is 7.52. The number of nitrogens with one attached hydrogen (secondary N) is 1. The van der Waals surface area contributed by atoms with Crippen LogP contribution in [-0.4, -0.2) is 11.4 Å². The SMILES string of the molecule is CC(Nc1ccc(Br)cc1)(C(N)=O)C1CC1. The lowest BCUT2D eigenvalue weighted by atomic mass is 9.94. The van der Waals surface area contributed by atoms with E-state index in [9.17, 15) is 4.79 Å². The van der Waals surface area contributed by atoms with Gasteiger partial charge in [0.05, 0.1) is 0 Å². The average molecular weight is 283 g/mol. The highest BCUT2D eigenvalue weighted by atomic mass is 79.9. The summed E-state index contributed by atoms with van der Waals surface area (Å²) in [6.07, 6.45) is 2.14. The van der Waals surface area contributed by atoms with Crippen LogP contribution in [0.5, 0.6) is 0 Å². The molecule has 0 spiro atoms. The molecule has 1 amide bonds. The van der Waals surface area contributed by atoms with Crippen LogP contribution in [0.15, 0.2) is 28.7 Å². The number of carbonyl (C=O) groups is 1. The van der Waals surface area contributed by atoms with Gasteiger partial charge in [-0.1, -0.05) is 15.9 Å². The minimum atomic E-state index is -0.617. The third-order valence-electron chi connectivity index (χ3n) is 3.15. The third-order valence-corrected chi connectivity index (χ3v) is 3.68. The predicted molar refractivity (Wildman–Crippen MR) is 68.1 cm³/mol. The normalized spacial score (nSPS) is 18.9. The van der Waals surface area contributed by atoms with Gasteiger partial charge in [0.1, 0.15) is 5.54 Å². The molecule has 1 aromatic carbocycles. The quantitative estimate of drug-likeness (QED) is 0.892. The molecule has 3 N–H and O–H groups in total. The second-order valence-electron chi connectivity index (χ2n) is 4.47. The maximum atomic E-state index is 11.5. The summed E-state index contributed by atoms with van der Waals surface area (Å²) in [5, 5.41) is 3.25. The molecule has 1 atom stereocenters. The minimum Gasteiger partial charge on any atom is -0.371 e. The van der Waals surface area contributed by atoms with Crippen LogP contribution in [0, 0.1) is 5.92 Å². The van der Waals surface area contributed by atoms with E-state index in [0.717, 1.165) is 23.0 Å². The smallest absolute Gasteiger partial charge is 0.243 e. The molecule has 0 aromatic heterocycles. The van der Waals surface area contributed by atoms with Crippen LogP contribution in [0.4, 0.5) is 5.69 Å². The van der Waals surface area contributed by atoms with E-state index in [-0.39, 0.29) is 5.91 Å². The first-order valence-electron chi connectivity index (χ1n) is 5.36. The van der Waals surface area contributed by atoms with Crippen LogP contribution >= 0.6 is 15.9 Å². The van der Waals surface area contributed by atoms with Crippen LogP contribution in [0.25, 0.3) is 0 Å². The molecule has 0 saturated heterocycles. The highest BCUT2D eigenvalue weighted by Gasteiger charge is 2.46. The Bertz CT molecular complexity index is 400. The number of halogens is 1. The fourth-order valence-electron chi connectivity index (χ4n) is 1.86. The second-order valence-corrected chi connectivity index (χ2v) is 5.39. The van der Waals surface area contributed by atoms with Crippen molar-refractivity contribution < 1.29 is 4.79 Å². The zero-order valence-corrected chi connectivity index (χ0v) is 10.8. The van der Waals surface area contributed by atoms with Crippen LogP contribution in [0.3, 0.4) is 0 Å². The molecule has 4 heteroatoms. The van der Waals surface area contributed by atoms with Crippen molar-refractivity contribution >= 4 is 27.5 Å². The molecule has 1 aliphatic carbocycles. The summed E-state index contributed by atoms with van der Waals surface area (Å²) in [6.45, 7) is 1.88. The Labute approximate surface area is 104 Å². The Balaban J connectivity index is 2.17.